The molecule has 346 valence electrons. The van der Waals surface area contributed by atoms with Gasteiger partial charge >= 0.3 is 6.09 Å². The van der Waals surface area contributed by atoms with Gasteiger partial charge in [-0.2, -0.15) is 16.7 Å². The summed E-state index contributed by atoms with van der Waals surface area (Å²) < 4.78 is 30.7. The van der Waals surface area contributed by atoms with Crippen molar-refractivity contribution in [2.75, 3.05) is 82.2 Å². The molecule has 4 atom stereocenters. The lowest BCUT2D eigenvalue weighted by Crippen LogP contribution is -2.49. The van der Waals surface area contributed by atoms with E-state index in [0.29, 0.717) is 105 Å². The van der Waals surface area contributed by atoms with Crippen LogP contribution in [-0.4, -0.2) is 142 Å². The first kappa shape index (κ1) is 46.4. The van der Waals surface area contributed by atoms with Crippen LogP contribution >= 0.6 is 11.8 Å². The van der Waals surface area contributed by atoms with E-state index < -0.39 is 5.60 Å². The molecule has 0 spiro atoms. The van der Waals surface area contributed by atoms with E-state index in [-0.39, 0.29) is 41.5 Å². The number of likely N-dealkylation sites (tertiary alicyclic amines) is 1. The highest BCUT2D eigenvalue weighted by atomic mass is 32.2. The van der Waals surface area contributed by atoms with Gasteiger partial charge in [0.25, 0.3) is 0 Å². The van der Waals surface area contributed by atoms with Crippen molar-refractivity contribution in [3.63, 3.8) is 0 Å². The summed E-state index contributed by atoms with van der Waals surface area (Å²) in [5.41, 5.74) is 0.669. The molecule has 0 bridgehead atoms. The van der Waals surface area contributed by atoms with Crippen molar-refractivity contribution in [3.05, 3.63) is 24.0 Å². The van der Waals surface area contributed by atoms with E-state index in [1.54, 1.807) is 16.7 Å². The minimum atomic E-state index is -0.558. The minimum absolute atomic E-state index is 0.00842. The molecule has 0 unspecified atom stereocenters. The minimum Gasteiger partial charge on any atom is -0.493 e. The van der Waals surface area contributed by atoms with Crippen molar-refractivity contribution in [2.24, 2.45) is 5.41 Å². The molecule has 1 aromatic carbocycles. The first-order valence-corrected chi connectivity index (χ1v) is 23.5. The van der Waals surface area contributed by atoms with Crippen LogP contribution < -0.4 is 30.3 Å². The van der Waals surface area contributed by atoms with Crippen LogP contribution in [0.2, 0.25) is 0 Å². The van der Waals surface area contributed by atoms with Crippen LogP contribution in [0.4, 0.5) is 16.6 Å². The van der Waals surface area contributed by atoms with Crippen molar-refractivity contribution in [1.29, 1.82) is 0 Å². The number of rotatable bonds is 21. The largest absolute Gasteiger partial charge is 0.493 e. The number of nitrogens with zero attached hydrogens (tertiary/aromatic N) is 7. The second kappa shape index (κ2) is 20.5. The fourth-order valence-corrected chi connectivity index (χ4v) is 10.8. The van der Waals surface area contributed by atoms with E-state index in [9.17, 15) is 14.4 Å². The molecule has 6 heterocycles. The zero-order chi connectivity index (χ0) is 44.6. The number of aromatic nitrogens is 5. The maximum absolute atomic E-state index is 12.8. The molecule has 63 heavy (non-hydrogen) atoms. The molecule has 18 nitrogen and oxygen atoms in total. The van der Waals surface area contributed by atoms with Crippen LogP contribution in [0.25, 0.3) is 10.9 Å². The van der Waals surface area contributed by atoms with Gasteiger partial charge in [0, 0.05) is 79.5 Å². The number of fused-ring (bicyclic) bond motifs is 2. The van der Waals surface area contributed by atoms with Crippen LogP contribution in [-0.2, 0) is 37.0 Å². The SMILES string of the molecule is COc1cc2c(N[C@@H]3CCN(C(=O)OC(C)(C)C)C3)nc(N3CCCC3)nc2cc1OCc1cn(CCOCCOCCNC(=O)CCCC[C@@H]2SC[C@]3(C)NC(=O)C[C@]23C)nn1. The van der Waals surface area contributed by atoms with Gasteiger partial charge in [-0.15, -0.1) is 5.10 Å². The lowest BCUT2D eigenvalue weighted by atomic mass is 9.70. The first-order valence-electron chi connectivity index (χ1n) is 22.5. The monoisotopic (exact) mass is 894 g/mol. The second-order valence-electron chi connectivity index (χ2n) is 18.5. The molecule has 3 amide bonds. The average Bonchev–Trinajstić information content (AvgIpc) is 4.08. The molecule has 4 aliphatic rings. The molecule has 19 heteroatoms. The smallest absolute Gasteiger partial charge is 0.410 e. The van der Waals surface area contributed by atoms with Crippen LogP contribution in [0.5, 0.6) is 11.5 Å². The number of carbonyl (C=O) groups is 3. The maximum Gasteiger partial charge on any atom is 0.410 e. The van der Waals surface area contributed by atoms with Crippen LogP contribution in [0.3, 0.4) is 0 Å². The number of anilines is 2. The average molecular weight is 895 g/mol. The molecule has 7 rings (SSSR count). The van der Waals surface area contributed by atoms with Gasteiger partial charge in [0.1, 0.15) is 23.7 Å². The normalized spacial score (nSPS) is 23.3. The van der Waals surface area contributed by atoms with E-state index in [1.807, 2.05) is 50.9 Å². The summed E-state index contributed by atoms with van der Waals surface area (Å²) in [6, 6.07) is 3.76. The van der Waals surface area contributed by atoms with E-state index >= 15 is 0 Å². The fourth-order valence-electron chi connectivity index (χ4n) is 8.79. The van der Waals surface area contributed by atoms with Crippen molar-refractivity contribution in [1.82, 2.24) is 40.5 Å². The van der Waals surface area contributed by atoms with Gasteiger partial charge in [0.05, 0.1) is 57.3 Å². The number of hydrogen-bond donors (Lipinski definition) is 3. The molecular weight excluding hydrogens is 829 g/mol. The highest BCUT2D eigenvalue weighted by Gasteiger charge is 2.60. The summed E-state index contributed by atoms with van der Waals surface area (Å²) in [5.74, 6) is 3.55. The molecule has 3 N–H and O–H groups in total. The van der Waals surface area contributed by atoms with Gasteiger partial charge in [-0.3, -0.25) is 9.59 Å². The zero-order valence-electron chi connectivity index (χ0n) is 37.8. The number of amides is 3. The van der Waals surface area contributed by atoms with Gasteiger partial charge in [-0.1, -0.05) is 18.6 Å². The Morgan fingerprint density at radius 1 is 1.02 bits per heavy atom. The number of carbonyl (C=O) groups excluding carboxylic acids is 3. The summed E-state index contributed by atoms with van der Waals surface area (Å²) in [5, 5.41) is 19.5. The number of thioether (sulfide) groups is 1. The molecule has 3 aromatic rings. The molecule has 4 aliphatic heterocycles. The summed E-state index contributed by atoms with van der Waals surface area (Å²) >= 11 is 1.96. The van der Waals surface area contributed by atoms with Crippen molar-refractivity contribution < 1.29 is 38.1 Å². The molecule has 0 saturated carbocycles. The lowest BCUT2D eigenvalue weighted by Gasteiger charge is -2.36. The maximum atomic E-state index is 12.8. The van der Waals surface area contributed by atoms with Crippen LogP contribution in [0.1, 0.15) is 91.7 Å². The van der Waals surface area contributed by atoms with Crippen molar-refractivity contribution >= 4 is 52.3 Å². The summed E-state index contributed by atoms with van der Waals surface area (Å²) in [6.07, 6.45) is 8.37. The number of methoxy groups -OCH3 is 1. The third-order valence-corrected chi connectivity index (χ3v) is 14.4. The van der Waals surface area contributed by atoms with Crippen molar-refractivity contribution in [3.8, 4) is 11.5 Å². The number of unbranched alkanes of at least 4 members (excludes halogenated alkanes) is 1. The van der Waals surface area contributed by atoms with Crippen LogP contribution in [0, 0.1) is 5.41 Å². The van der Waals surface area contributed by atoms with E-state index in [2.05, 4.69) is 45.0 Å². The predicted octanol–water partition coefficient (Wildman–Crippen LogP) is 4.94. The quantitative estimate of drug-likeness (QED) is 0.122. The highest BCUT2D eigenvalue weighted by molar-refractivity contribution is 8.00. The number of ether oxygens (including phenoxy) is 5. The Labute approximate surface area is 374 Å². The standard InChI is InChI=1S/C44H66N10O8S/c1-42(2,3)62-41(57)53-17-13-30(26-53)46-39-32-23-34(58-6)35(24-33(32)47-40(48-39)52-15-9-10-16-52)61-28-31-27-54(51-50-31)18-20-60-22-21-59-19-14-45-37(55)12-8-7-11-36-43(4)25-38(56)49-44(43,5)29-63-36/h23-24,27,30,36H,7-22,25-26,28-29H2,1-6H3,(H,45,55)(H,49,56)(H,46,47,48)/t30-,36+,43-,44+/m1/s1. The van der Waals surface area contributed by atoms with Gasteiger partial charge < -0.3 is 49.4 Å². The molecular formula is C44H66N10O8S. The highest BCUT2D eigenvalue weighted by Crippen LogP contribution is 2.56. The fraction of sp³-hybridized carbons (Fsp3) is 0.705. The van der Waals surface area contributed by atoms with Crippen LogP contribution in [0.15, 0.2) is 18.3 Å². The summed E-state index contributed by atoms with van der Waals surface area (Å²) in [4.78, 5) is 51.0. The first-order chi connectivity index (χ1) is 30.2. The number of hydrogen-bond acceptors (Lipinski definition) is 15. The zero-order valence-corrected chi connectivity index (χ0v) is 38.7. The Bertz CT molecular complexity index is 2060. The molecule has 0 radical (unpaired) electrons. The Balaban J connectivity index is 0.804. The Kier molecular flexibility index (Phi) is 15.1. The van der Waals surface area contributed by atoms with Gasteiger partial charge in [-0.05, 0) is 65.9 Å². The topological polar surface area (TPSA) is 196 Å². The second-order valence-corrected chi connectivity index (χ2v) is 19.7. The van der Waals surface area contributed by atoms with Gasteiger partial charge in [-0.25, -0.2) is 14.5 Å². The van der Waals surface area contributed by atoms with E-state index in [1.165, 1.54) is 0 Å². The Morgan fingerprint density at radius 2 is 1.81 bits per heavy atom. The van der Waals surface area contributed by atoms with E-state index in [4.69, 9.17) is 33.7 Å². The molecule has 4 fully saturated rings. The number of nitrogens with one attached hydrogen (secondary N) is 3. The Morgan fingerprint density at radius 3 is 2.59 bits per heavy atom. The molecule has 4 saturated heterocycles. The third-order valence-electron chi connectivity index (χ3n) is 12.5. The van der Waals surface area contributed by atoms with Gasteiger partial charge in [0.2, 0.25) is 17.8 Å². The van der Waals surface area contributed by atoms with Gasteiger partial charge in [0.15, 0.2) is 11.5 Å². The third kappa shape index (κ3) is 11.8. The molecule has 0 aliphatic carbocycles. The lowest BCUT2D eigenvalue weighted by molar-refractivity contribution is -0.121. The predicted molar refractivity (Wildman–Crippen MR) is 240 cm³/mol. The summed E-state index contributed by atoms with van der Waals surface area (Å²) in [7, 11) is 1.60. The number of benzene rings is 1. The summed E-state index contributed by atoms with van der Waals surface area (Å²) in [6.45, 7) is 15.7. The van der Waals surface area contributed by atoms with E-state index in [0.717, 1.165) is 62.8 Å². The molecule has 2 aromatic heterocycles. The van der Waals surface area contributed by atoms with Crippen molar-refractivity contribution in [2.45, 2.75) is 122 Å². The Hall–Kier alpha value is -4.62.